The Bertz CT molecular complexity index is 575. The molecule has 0 aliphatic carbocycles. The maximum Gasteiger partial charge on any atom is 0.124 e. The molecule has 0 amide bonds. The molecule has 2 rings (SSSR count). The van der Waals surface area contributed by atoms with E-state index in [1.54, 1.807) is 17.4 Å². The van der Waals surface area contributed by atoms with Crippen LogP contribution in [0.25, 0.3) is 0 Å². The van der Waals surface area contributed by atoms with Crippen LogP contribution in [0.4, 0.5) is 10.1 Å². The summed E-state index contributed by atoms with van der Waals surface area (Å²) in [5.41, 5.74) is 1.75. The van der Waals surface area contributed by atoms with Gasteiger partial charge in [0.2, 0.25) is 0 Å². The van der Waals surface area contributed by atoms with Crippen LogP contribution in [0.15, 0.2) is 23.6 Å². The molecule has 0 saturated heterocycles. The van der Waals surface area contributed by atoms with E-state index in [1.807, 2.05) is 5.38 Å². The standard InChI is InChI=1S/C14H16ClFN2S/c1-14(2,3)13-18-10(8-19-13)7-17-12-5-4-9(16)6-11(12)15/h4-6,8,17H,7H2,1-3H3. The summed E-state index contributed by atoms with van der Waals surface area (Å²) >= 11 is 7.61. The predicted octanol–water partition coefficient (Wildman–Crippen LogP) is 4.85. The SMILES string of the molecule is CC(C)(C)c1nc(CNc2ccc(F)cc2Cl)cs1. The molecule has 102 valence electrons. The van der Waals surface area contributed by atoms with Crippen LogP contribution in [0.2, 0.25) is 5.02 Å². The summed E-state index contributed by atoms with van der Waals surface area (Å²) in [5, 5.41) is 6.69. The van der Waals surface area contributed by atoms with Crippen LogP contribution >= 0.6 is 22.9 Å². The van der Waals surface area contributed by atoms with Gasteiger partial charge in [0.05, 0.1) is 28.0 Å². The van der Waals surface area contributed by atoms with E-state index in [2.05, 4.69) is 31.1 Å². The van der Waals surface area contributed by atoms with Crippen LogP contribution in [0.3, 0.4) is 0 Å². The van der Waals surface area contributed by atoms with Crippen LogP contribution in [-0.4, -0.2) is 4.98 Å². The van der Waals surface area contributed by atoms with Crippen molar-refractivity contribution >= 4 is 28.6 Å². The zero-order valence-corrected chi connectivity index (χ0v) is 12.7. The second kappa shape index (κ2) is 5.47. The van der Waals surface area contributed by atoms with Gasteiger partial charge in [-0.25, -0.2) is 9.37 Å². The van der Waals surface area contributed by atoms with E-state index in [0.29, 0.717) is 17.3 Å². The summed E-state index contributed by atoms with van der Waals surface area (Å²) in [6, 6.07) is 4.32. The van der Waals surface area contributed by atoms with Gasteiger partial charge in [-0.15, -0.1) is 11.3 Å². The Morgan fingerprint density at radius 2 is 2.11 bits per heavy atom. The molecule has 2 nitrogen and oxygen atoms in total. The molecule has 0 bridgehead atoms. The zero-order valence-electron chi connectivity index (χ0n) is 11.1. The molecule has 0 aliphatic heterocycles. The van der Waals surface area contributed by atoms with Crippen molar-refractivity contribution in [2.24, 2.45) is 0 Å². The lowest BCUT2D eigenvalue weighted by Gasteiger charge is -2.13. The van der Waals surface area contributed by atoms with Gasteiger partial charge < -0.3 is 5.32 Å². The average molecular weight is 299 g/mol. The minimum Gasteiger partial charge on any atom is -0.378 e. The lowest BCUT2D eigenvalue weighted by Crippen LogP contribution is -2.11. The molecule has 2 aromatic rings. The van der Waals surface area contributed by atoms with Gasteiger partial charge in [0.25, 0.3) is 0 Å². The van der Waals surface area contributed by atoms with Gasteiger partial charge >= 0.3 is 0 Å². The van der Waals surface area contributed by atoms with Crippen molar-refractivity contribution in [3.05, 3.63) is 45.1 Å². The van der Waals surface area contributed by atoms with E-state index < -0.39 is 0 Å². The van der Waals surface area contributed by atoms with Crippen LogP contribution < -0.4 is 5.32 Å². The lowest BCUT2D eigenvalue weighted by molar-refractivity contribution is 0.583. The fourth-order valence-electron chi connectivity index (χ4n) is 1.55. The molecule has 1 heterocycles. The average Bonchev–Trinajstić information content (AvgIpc) is 2.76. The first kappa shape index (κ1) is 14.3. The van der Waals surface area contributed by atoms with E-state index >= 15 is 0 Å². The number of anilines is 1. The highest BCUT2D eigenvalue weighted by Crippen LogP contribution is 2.27. The number of benzene rings is 1. The Balaban J connectivity index is 2.04. The van der Waals surface area contributed by atoms with E-state index in [9.17, 15) is 4.39 Å². The molecular formula is C14H16ClFN2S. The number of hydrogen-bond donors (Lipinski definition) is 1. The minimum atomic E-state index is -0.334. The van der Waals surface area contributed by atoms with Gasteiger partial charge in [-0.2, -0.15) is 0 Å². The van der Waals surface area contributed by atoms with Crippen molar-refractivity contribution in [1.29, 1.82) is 0 Å². The topological polar surface area (TPSA) is 24.9 Å². The van der Waals surface area contributed by atoms with Gasteiger partial charge in [-0.1, -0.05) is 32.4 Å². The molecule has 0 aliphatic rings. The van der Waals surface area contributed by atoms with Crippen molar-refractivity contribution in [2.45, 2.75) is 32.7 Å². The van der Waals surface area contributed by atoms with Crippen LogP contribution in [0.1, 0.15) is 31.5 Å². The van der Waals surface area contributed by atoms with Crippen LogP contribution in [-0.2, 0) is 12.0 Å². The molecule has 1 N–H and O–H groups in total. The minimum absolute atomic E-state index is 0.0659. The zero-order chi connectivity index (χ0) is 14.0. The van der Waals surface area contributed by atoms with Crippen molar-refractivity contribution in [3.63, 3.8) is 0 Å². The molecule has 5 heteroatoms. The molecule has 1 aromatic heterocycles. The monoisotopic (exact) mass is 298 g/mol. The first-order chi connectivity index (χ1) is 8.86. The number of thiazole rings is 1. The first-order valence-electron chi connectivity index (χ1n) is 6.00. The number of halogens is 2. The Hall–Kier alpha value is -1.13. The van der Waals surface area contributed by atoms with Gasteiger partial charge in [0, 0.05) is 10.8 Å². The van der Waals surface area contributed by atoms with Crippen LogP contribution in [0, 0.1) is 5.82 Å². The lowest BCUT2D eigenvalue weighted by atomic mass is 9.98. The third kappa shape index (κ3) is 3.67. The maximum atomic E-state index is 12.9. The van der Waals surface area contributed by atoms with E-state index in [0.717, 1.165) is 10.7 Å². The maximum absolute atomic E-state index is 12.9. The summed E-state index contributed by atoms with van der Waals surface area (Å²) in [6.07, 6.45) is 0. The second-order valence-corrected chi connectivity index (χ2v) is 6.64. The smallest absolute Gasteiger partial charge is 0.124 e. The summed E-state index contributed by atoms with van der Waals surface area (Å²) in [4.78, 5) is 4.58. The first-order valence-corrected chi connectivity index (χ1v) is 7.26. The third-order valence-electron chi connectivity index (χ3n) is 2.58. The molecule has 0 radical (unpaired) electrons. The highest BCUT2D eigenvalue weighted by molar-refractivity contribution is 7.09. The normalized spacial score (nSPS) is 11.6. The summed E-state index contributed by atoms with van der Waals surface area (Å²) < 4.78 is 12.9. The Kier molecular flexibility index (Phi) is 4.11. The Labute approximate surface area is 121 Å². The molecule has 0 spiro atoms. The second-order valence-electron chi connectivity index (χ2n) is 5.37. The van der Waals surface area contributed by atoms with E-state index in [4.69, 9.17) is 11.6 Å². The van der Waals surface area contributed by atoms with Gasteiger partial charge in [-0.05, 0) is 18.2 Å². The molecule has 0 fully saturated rings. The quantitative estimate of drug-likeness (QED) is 0.876. The highest BCUT2D eigenvalue weighted by atomic mass is 35.5. The Morgan fingerprint density at radius 1 is 1.37 bits per heavy atom. The van der Waals surface area contributed by atoms with Crippen molar-refractivity contribution < 1.29 is 4.39 Å². The summed E-state index contributed by atoms with van der Waals surface area (Å²) in [5.74, 6) is -0.334. The summed E-state index contributed by atoms with van der Waals surface area (Å²) in [7, 11) is 0. The fourth-order valence-corrected chi connectivity index (χ4v) is 2.69. The summed E-state index contributed by atoms with van der Waals surface area (Å²) in [6.45, 7) is 7.00. The number of nitrogens with zero attached hydrogens (tertiary/aromatic N) is 1. The molecular weight excluding hydrogens is 283 g/mol. The molecule has 0 saturated carbocycles. The Morgan fingerprint density at radius 3 is 2.68 bits per heavy atom. The van der Waals surface area contributed by atoms with Gasteiger partial charge in [-0.3, -0.25) is 0 Å². The number of aromatic nitrogens is 1. The number of rotatable bonds is 3. The third-order valence-corrected chi connectivity index (χ3v) is 4.21. The largest absolute Gasteiger partial charge is 0.378 e. The number of hydrogen-bond acceptors (Lipinski definition) is 3. The highest BCUT2D eigenvalue weighted by Gasteiger charge is 2.17. The van der Waals surface area contributed by atoms with Crippen LogP contribution in [0.5, 0.6) is 0 Å². The van der Waals surface area contributed by atoms with E-state index in [1.165, 1.54) is 12.1 Å². The van der Waals surface area contributed by atoms with E-state index in [-0.39, 0.29) is 11.2 Å². The predicted molar refractivity (Wildman–Crippen MR) is 79.6 cm³/mol. The molecule has 19 heavy (non-hydrogen) atoms. The van der Waals surface area contributed by atoms with Gasteiger partial charge in [0.15, 0.2) is 0 Å². The molecule has 0 unspecified atom stereocenters. The fraction of sp³-hybridized carbons (Fsp3) is 0.357. The molecule has 0 atom stereocenters. The van der Waals surface area contributed by atoms with Crippen molar-refractivity contribution in [2.75, 3.05) is 5.32 Å². The molecule has 1 aromatic carbocycles. The van der Waals surface area contributed by atoms with Crippen molar-refractivity contribution in [3.8, 4) is 0 Å². The van der Waals surface area contributed by atoms with Gasteiger partial charge in [0.1, 0.15) is 5.82 Å². The number of nitrogens with one attached hydrogen (secondary N) is 1. The van der Waals surface area contributed by atoms with Crippen molar-refractivity contribution in [1.82, 2.24) is 4.98 Å².